The van der Waals surface area contributed by atoms with Crippen LogP contribution in [0.25, 0.3) is 0 Å². The van der Waals surface area contributed by atoms with Crippen LogP contribution in [0.5, 0.6) is 0 Å². The molecule has 7 heteroatoms. The summed E-state index contributed by atoms with van der Waals surface area (Å²) in [7, 11) is 3.48. The van der Waals surface area contributed by atoms with Crippen LogP contribution in [0.15, 0.2) is 4.60 Å². The smallest absolute Gasteiger partial charge is 0.357 e. The first-order valence-corrected chi connectivity index (χ1v) is 4.74. The van der Waals surface area contributed by atoms with Crippen molar-refractivity contribution in [3.63, 3.8) is 0 Å². The number of aromatic nitrogens is 2. The second kappa shape index (κ2) is 4.10. The normalized spacial score (nSPS) is 10.0. The largest absolute Gasteiger partial charge is 0.476 e. The van der Waals surface area contributed by atoms with Crippen molar-refractivity contribution in [2.75, 3.05) is 19.0 Å². The maximum absolute atomic E-state index is 10.7. The standard InChI is InChI=1S/C7H7BrClN3O2/c1-12(2)6-5(9)10-3(7(13)14)4(8)11-6/h1-2H3,(H,13,14). The Hall–Kier alpha value is -0.880. The molecule has 1 heterocycles. The van der Waals surface area contributed by atoms with E-state index in [9.17, 15) is 4.79 Å². The number of carbonyl (C=O) groups is 1. The maximum Gasteiger partial charge on any atom is 0.357 e. The number of halogens is 2. The van der Waals surface area contributed by atoms with Gasteiger partial charge < -0.3 is 10.0 Å². The van der Waals surface area contributed by atoms with E-state index in [1.807, 2.05) is 0 Å². The van der Waals surface area contributed by atoms with Crippen LogP contribution in [0.2, 0.25) is 5.15 Å². The highest BCUT2D eigenvalue weighted by Gasteiger charge is 2.16. The molecule has 76 valence electrons. The zero-order valence-corrected chi connectivity index (χ0v) is 9.79. The van der Waals surface area contributed by atoms with Gasteiger partial charge in [0.05, 0.1) is 0 Å². The molecular weight excluding hydrogens is 273 g/mol. The number of carboxylic acid groups (broad SMARTS) is 1. The molecule has 0 amide bonds. The SMILES string of the molecule is CN(C)c1nc(Br)c(C(=O)O)nc1Cl. The van der Waals surface area contributed by atoms with Gasteiger partial charge in [0.1, 0.15) is 4.60 Å². The molecule has 1 aromatic heterocycles. The van der Waals surface area contributed by atoms with Crippen LogP contribution in [0, 0.1) is 0 Å². The van der Waals surface area contributed by atoms with Gasteiger partial charge in [-0.2, -0.15) is 0 Å². The first kappa shape index (κ1) is 11.2. The molecule has 0 unspecified atom stereocenters. The van der Waals surface area contributed by atoms with Gasteiger partial charge >= 0.3 is 5.97 Å². The Bertz CT molecular complexity index is 383. The van der Waals surface area contributed by atoms with E-state index in [0.29, 0.717) is 5.82 Å². The average molecular weight is 281 g/mol. The molecule has 0 spiro atoms. The summed E-state index contributed by atoms with van der Waals surface area (Å²) in [5, 5.41) is 8.78. The van der Waals surface area contributed by atoms with Gasteiger partial charge in [0.2, 0.25) is 0 Å². The predicted molar refractivity (Wildman–Crippen MR) is 56.0 cm³/mol. The molecule has 14 heavy (non-hydrogen) atoms. The highest BCUT2D eigenvalue weighted by Crippen LogP contribution is 2.23. The van der Waals surface area contributed by atoms with E-state index in [1.54, 1.807) is 19.0 Å². The molecule has 0 aliphatic carbocycles. The van der Waals surface area contributed by atoms with Crippen LogP contribution in [-0.2, 0) is 0 Å². The van der Waals surface area contributed by atoms with Crippen LogP contribution < -0.4 is 4.90 Å². The summed E-state index contributed by atoms with van der Waals surface area (Å²) in [6.07, 6.45) is 0. The Kier molecular flexibility index (Phi) is 3.28. The third kappa shape index (κ3) is 2.13. The van der Waals surface area contributed by atoms with Crippen molar-refractivity contribution in [3.05, 3.63) is 15.5 Å². The van der Waals surface area contributed by atoms with Gasteiger partial charge in [-0.1, -0.05) is 11.6 Å². The molecule has 5 nitrogen and oxygen atoms in total. The van der Waals surface area contributed by atoms with Gasteiger partial charge in [-0.15, -0.1) is 0 Å². The first-order chi connectivity index (χ1) is 6.43. The Labute approximate surface area is 93.9 Å². The molecule has 0 aliphatic heterocycles. The highest BCUT2D eigenvalue weighted by atomic mass is 79.9. The van der Waals surface area contributed by atoms with Gasteiger partial charge in [0, 0.05) is 14.1 Å². The fraction of sp³-hybridized carbons (Fsp3) is 0.286. The number of rotatable bonds is 2. The fourth-order valence-corrected chi connectivity index (χ4v) is 1.53. The lowest BCUT2D eigenvalue weighted by atomic mass is 10.4. The summed E-state index contributed by atoms with van der Waals surface area (Å²) in [5.41, 5.74) is -0.194. The second-order valence-corrected chi connectivity index (χ2v) is 3.79. The molecule has 0 aromatic carbocycles. The number of carboxylic acids is 1. The van der Waals surface area contributed by atoms with Crippen molar-refractivity contribution in [2.24, 2.45) is 0 Å². The van der Waals surface area contributed by atoms with E-state index >= 15 is 0 Å². The van der Waals surface area contributed by atoms with Crippen LogP contribution >= 0.6 is 27.5 Å². The average Bonchev–Trinajstić information content (AvgIpc) is 2.07. The molecule has 0 aliphatic rings. The summed E-state index contributed by atoms with van der Waals surface area (Å²) in [6, 6.07) is 0. The van der Waals surface area contributed by atoms with E-state index < -0.39 is 5.97 Å². The van der Waals surface area contributed by atoms with Crippen LogP contribution in [-0.4, -0.2) is 35.1 Å². The molecule has 0 bridgehead atoms. The predicted octanol–water partition coefficient (Wildman–Crippen LogP) is 1.66. The first-order valence-electron chi connectivity index (χ1n) is 3.57. The lowest BCUT2D eigenvalue weighted by Gasteiger charge is -2.12. The summed E-state index contributed by atoms with van der Waals surface area (Å²) in [6.45, 7) is 0. The van der Waals surface area contributed by atoms with Gasteiger partial charge in [-0.3, -0.25) is 0 Å². The summed E-state index contributed by atoms with van der Waals surface area (Å²) in [5.74, 6) is -0.750. The summed E-state index contributed by atoms with van der Waals surface area (Å²) < 4.78 is 0.165. The van der Waals surface area contributed by atoms with E-state index in [-0.39, 0.29) is 15.5 Å². The number of hydrogen-bond donors (Lipinski definition) is 1. The Morgan fingerprint density at radius 2 is 2.07 bits per heavy atom. The van der Waals surface area contributed by atoms with Crippen molar-refractivity contribution in [2.45, 2.75) is 0 Å². The van der Waals surface area contributed by atoms with Gasteiger partial charge in [-0.25, -0.2) is 14.8 Å². The van der Waals surface area contributed by atoms with Crippen molar-refractivity contribution in [1.82, 2.24) is 9.97 Å². The third-order valence-corrected chi connectivity index (χ3v) is 2.23. The minimum atomic E-state index is -1.17. The number of aromatic carboxylic acids is 1. The zero-order valence-electron chi connectivity index (χ0n) is 7.45. The van der Waals surface area contributed by atoms with Crippen molar-refractivity contribution >= 4 is 39.3 Å². The van der Waals surface area contributed by atoms with Crippen molar-refractivity contribution < 1.29 is 9.90 Å². The Morgan fingerprint density at radius 1 is 1.50 bits per heavy atom. The summed E-state index contributed by atoms with van der Waals surface area (Å²) in [4.78, 5) is 20.0. The number of nitrogens with zero attached hydrogens (tertiary/aromatic N) is 3. The van der Waals surface area contributed by atoms with Crippen LogP contribution in [0.4, 0.5) is 5.82 Å². The molecule has 0 atom stereocenters. The quantitative estimate of drug-likeness (QED) is 0.892. The van der Waals surface area contributed by atoms with Crippen LogP contribution in [0.1, 0.15) is 10.5 Å². The van der Waals surface area contributed by atoms with E-state index in [4.69, 9.17) is 16.7 Å². The lowest BCUT2D eigenvalue weighted by Crippen LogP contribution is -2.14. The van der Waals surface area contributed by atoms with E-state index in [1.165, 1.54) is 0 Å². The molecule has 0 saturated heterocycles. The summed E-state index contributed by atoms with van der Waals surface area (Å²) >= 11 is 8.75. The maximum atomic E-state index is 10.7. The van der Waals surface area contributed by atoms with Crippen LogP contribution in [0.3, 0.4) is 0 Å². The lowest BCUT2D eigenvalue weighted by molar-refractivity contribution is 0.0689. The molecule has 0 saturated carbocycles. The minimum Gasteiger partial charge on any atom is -0.476 e. The second-order valence-electron chi connectivity index (χ2n) is 2.68. The van der Waals surface area contributed by atoms with E-state index in [2.05, 4.69) is 25.9 Å². The number of anilines is 1. The Balaban J connectivity index is 3.31. The molecule has 1 rings (SSSR count). The molecule has 1 aromatic rings. The van der Waals surface area contributed by atoms with Gasteiger partial charge in [-0.05, 0) is 15.9 Å². The Morgan fingerprint density at radius 3 is 2.50 bits per heavy atom. The van der Waals surface area contributed by atoms with Crippen molar-refractivity contribution in [3.8, 4) is 0 Å². The molecule has 0 fully saturated rings. The fourth-order valence-electron chi connectivity index (χ4n) is 0.807. The topological polar surface area (TPSA) is 66.3 Å². The molecule has 1 N–H and O–H groups in total. The number of hydrogen-bond acceptors (Lipinski definition) is 4. The molecular formula is C7H7BrClN3O2. The minimum absolute atomic E-state index is 0.0654. The van der Waals surface area contributed by atoms with E-state index in [0.717, 1.165) is 0 Å². The zero-order chi connectivity index (χ0) is 10.9. The monoisotopic (exact) mass is 279 g/mol. The highest BCUT2D eigenvalue weighted by molar-refractivity contribution is 9.10. The van der Waals surface area contributed by atoms with Gasteiger partial charge in [0.25, 0.3) is 0 Å². The third-order valence-electron chi connectivity index (χ3n) is 1.42. The van der Waals surface area contributed by atoms with Gasteiger partial charge in [0.15, 0.2) is 16.7 Å². The van der Waals surface area contributed by atoms with Crippen molar-refractivity contribution in [1.29, 1.82) is 0 Å². The molecule has 0 radical (unpaired) electrons.